The minimum Gasteiger partial charge on any atom is -0.377 e. The zero-order valence-corrected chi connectivity index (χ0v) is 23.1. The lowest BCUT2D eigenvalue weighted by molar-refractivity contribution is 0.0505. The van der Waals surface area contributed by atoms with Crippen LogP contribution in [-0.4, -0.2) is 48.5 Å². The average Bonchev–Trinajstić information content (AvgIpc) is 2.73. The second-order valence-electron chi connectivity index (χ2n) is 9.19. The third-order valence-corrected chi connectivity index (χ3v) is 8.96. The number of phosphoric ester groups is 1. The van der Waals surface area contributed by atoms with Crippen molar-refractivity contribution in [1.29, 1.82) is 0 Å². The average molecular weight is 515 g/mol. The summed E-state index contributed by atoms with van der Waals surface area (Å²) in [7, 11) is -7.75. The molecule has 0 amide bonds. The van der Waals surface area contributed by atoms with Crippen molar-refractivity contribution in [3.05, 3.63) is 0 Å². The molecule has 7 nitrogen and oxygen atoms in total. The van der Waals surface area contributed by atoms with E-state index in [-0.39, 0.29) is 19.0 Å². The van der Waals surface area contributed by atoms with E-state index in [2.05, 4.69) is 18.4 Å². The first-order chi connectivity index (χ1) is 15.6. The van der Waals surface area contributed by atoms with Gasteiger partial charge in [-0.25, -0.2) is 13.0 Å². The van der Waals surface area contributed by atoms with E-state index in [9.17, 15) is 13.0 Å². The smallest absolute Gasteiger partial charge is 0.377 e. The zero-order chi connectivity index (χ0) is 25.0. The van der Waals surface area contributed by atoms with Gasteiger partial charge in [0.2, 0.25) is 0 Å². The fraction of sp³-hybridized carbons (Fsp3) is 1.00. The predicted molar refractivity (Wildman–Crippen MR) is 136 cm³/mol. The summed E-state index contributed by atoms with van der Waals surface area (Å²) >= 11 is 0. The molecule has 0 saturated heterocycles. The molecular weight excluding hydrogens is 463 g/mol. The normalized spacial score (nSPS) is 14.5. The molecule has 2 atom stereocenters. The van der Waals surface area contributed by atoms with Gasteiger partial charge in [-0.2, -0.15) is 0 Å². The molecule has 0 radical (unpaired) electrons. The Morgan fingerprint density at radius 2 is 1.21 bits per heavy atom. The highest BCUT2D eigenvalue weighted by Crippen LogP contribution is 2.35. The van der Waals surface area contributed by atoms with E-state index in [0.717, 1.165) is 38.5 Å². The van der Waals surface area contributed by atoms with Crippen molar-refractivity contribution in [1.82, 2.24) is 0 Å². The van der Waals surface area contributed by atoms with Crippen LogP contribution in [0.1, 0.15) is 124 Å². The molecule has 0 aromatic rings. The van der Waals surface area contributed by atoms with E-state index in [1.54, 1.807) is 6.92 Å². The third kappa shape index (κ3) is 20.0. The number of sulfone groups is 1. The minimum absolute atomic E-state index is 0.121. The summed E-state index contributed by atoms with van der Waals surface area (Å²) in [5, 5.41) is -0.532. The van der Waals surface area contributed by atoms with Crippen LogP contribution >= 0.6 is 7.82 Å². The number of unbranched alkanes of at least 4 members (excludes halogenated alkanes) is 12. The van der Waals surface area contributed by atoms with Gasteiger partial charge in [-0.3, -0.25) is 4.52 Å². The summed E-state index contributed by atoms with van der Waals surface area (Å²) in [4.78, 5) is 17.5. The molecule has 0 rings (SSSR count). The lowest BCUT2D eigenvalue weighted by atomic mass is 10.1. The van der Waals surface area contributed by atoms with E-state index in [0.29, 0.717) is 19.3 Å². The van der Waals surface area contributed by atoms with Crippen LogP contribution in [0.3, 0.4) is 0 Å². The molecule has 33 heavy (non-hydrogen) atoms. The van der Waals surface area contributed by atoms with Crippen molar-refractivity contribution in [3.63, 3.8) is 0 Å². The number of hydrogen-bond acceptors (Lipinski definition) is 5. The Hall–Kier alpha value is 0.0200. The Balaban J connectivity index is 4.49. The largest absolute Gasteiger partial charge is 0.469 e. The Labute approximate surface area is 203 Å². The molecule has 2 unspecified atom stereocenters. The van der Waals surface area contributed by atoms with Gasteiger partial charge in [-0.05, 0) is 26.2 Å². The summed E-state index contributed by atoms with van der Waals surface area (Å²) in [5.41, 5.74) is 0. The van der Waals surface area contributed by atoms with Crippen LogP contribution in [0, 0.1) is 0 Å². The lowest BCUT2D eigenvalue weighted by Gasteiger charge is -2.25. The van der Waals surface area contributed by atoms with Gasteiger partial charge in [0.05, 0.1) is 23.7 Å². The molecule has 0 heterocycles. The molecule has 0 bridgehead atoms. The standard InChI is InChI=1S/C24H51O7PS/c1-4-6-8-10-11-12-13-15-17-22-33(28,29)24(19-16-14-9-7-5-2)23(3)30-20-18-21-31-32(25,26)27/h23-24H,4-22H2,1-3H3,(H2,25,26,27). The van der Waals surface area contributed by atoms with Crippen molar-refractivity contribution >= 4 is 17.7 Å². The highest BCUT2D eigenvalue weighted by atomic mass is 32.2. The molecule has 2 N–H and O–H groups in total. The maximum absolute atomic E-state index is 13.1. The highest BCUT2D eigenvalue weighted by Gasteiger charge is 2.30. The van der Waals surface area contributed by atoms with Crippen LogP contribution in [0.5, 0.6) is 0 Å². The van der Waals surface area contributed by atoms with Crippen LogP contribution in [0.15, 0.2) is 0 Å². The Morgan fingerprint density at radius 1 is 0.727 bits per heavy atom. The predicted octanol–water partition coefficient (Wildman–Crippen LogP) is 6.57. The minimum atomic E-state index is -4.48. The Kier molecular flexibility index (Phi) is 20.2. The number of ether oxygens (including phenoxy) is 1. The monoisotopic (exact) mass is 514 g/mol. The summed E-state index contributed by atoms with van der Waals surface area (Å²) in [5.74, 6) is 0.206. The summed E-state index contributed by atoms with van der Waals surface area (Å²) in [6.45, 7) is 6.26. The van der Waals surface area contributed by atoms with Gasteiger partial charge in [0.15, 0.2) is 9.84 Å². The van der Waals surface area contributed by atoms with Crippen molar-refractivity contribution in [2.75, 3.05) is 19.0 Å². The van der Waals surface area contributed by atoms with Gasteiger partial charge >= 0.3 is 7.82 Å². The maximum atomic E-state index is 13.1. The van der Waals surface area contributed by atoms with Crippen molar-refractivity contribution in [3.8, 4) is 0 Å². The molecule has 0 aliphatic carbocycles. The van der Waals surface area contributed by atoms with Gasteiger partial charge in [0, 0.05) is 6.61 Å². The van der Waals surface area contributed by atoms with Gasteiger partial charge in [-0.15, -0.1) is 0 Å². The van der Waals surface area contributed by atoms with Crippen molar-refractivity contribution < 1.29 is 32.0 Å². The van der Waals surface area contributed by atoms with Crippen LogP contribution in [0.25, 0.3) is 0 Å². The summed E-state index contributed by atoms with van der Waals surface area (Å²) < 4.78 is 47.1. The second-order valence-corrected chi connectivity index (χ2v) is 12.8. The van der Waals surface area contributed by atoms with Crippen LogP contribution in [0.2, 0.25) is 0 Å². The fourth-order valence-corrected chi connectivity index (χ4v) is 6.50. The van der Waals surface area contributed by atoms with Gasteiger partial charge in [0.1, 0.15) is 0 Å². The lowest BCUT2D eigenvalue weighted by Crippen LogP contribution is -2.36. The van der Waals surface area contributed by atoms with Crippen molar-refractivity contribution in [2.45, 2.75) is 135 Å². The quantitative estimate of drug-likeness (QED) is 0.111. The van der Waals surface area contributed by atoms with E-state index < -0.39 is 29.0 Å². The Bertz CT molecular complexity index is 592. The van der Waals surface area contributed by atoms with Crippen LogP contribution in [0.4, 0.5) is 0 Å². The van der Waals surface area contributed by atoms with E-state index in [4.69, 9.17) is 14.5 Å². The molecule has 0 fully saturated rings. The molecule has 0 aliphatic rings. The SMILES string of the molecule is CCCCCCCCCCCS(=O)(=O)C(CCCCCCC)C(C)OCCCOP(=O)(O)O. The molecular formula is C24H51O7PS. The maximum Gasteiger partial charge on any atom is 0.469 e. The van der Waals surface area contributed by atoms with E-state index >= 15 is 0 Å². The molecule has 0 spiro atoms. The fourth-order valence-electron chi connectivity index (χ4n) is 4.04. The van der Waals surface area contributed by atoms with E-state index in [1.165, 1.54) is 44.9 Å². The van der Waals surface area contributed by atoms with Crippen LogP contribution in [-0.2, 0) is 23.7 Å². The van der Waals surface area contributed by atoms with Gasteiger partial charge < -0.3 is 14.5 Å². The first kappa shape index (κ1) is 33.0. The molecule has 0 saturated carbocycles. The summed E-state index contributed by atoms with van der Waals surface area (Å²) in [6, 6.07) is 0. The summed E-state index contributed by atoms with van der Waals surface area (Å²) in [6.07, 6.45) is 16.1. The zero-order valence-electron chi connectivity index (χ0n) is 21.4. The molecule has 200 valence electrons. The number of rotatable bonds is 24. The number of phosphoric acid groups is 1. The first-order valence-corrected chi connectivity index (χ1v) is 16.4. The molecule has 0 aromatic carbocycles. The van der Waals surface area contributed by atoms with E-state index in [1.807, 2.05) is 0 Å². The topological polar surface area (TPSA) is 110 Å². The number of hydrogen-bond donors (Lipinski definition) is 2. The first-order valence-electron chi connectivity index (χ1n) is 13.2. The van der Waals surface area contributed by atoms with Gasteiger partial charge in [0.25, 0.3) is 0 Å². The highest BCUT2D eigenvalue weighted by molar-refractivity contribution is 7.92. The van der Waals surface area contributed by atoms with Crippen molar-refractivity contribution in [2.24, 2.45) is 0 Å². The molecule has 0 aromatic heterocycles. The second kappa shape index (κ2) is 20.2. The molecule has 9 heteroatoms. The van der Waals surface area contributed by atoms with Crippen LogP contribution < -0.4 is 0 Å². The van der Waals surface area contributed by atoms with Gasteiger partial charge in [-0.1, -0.05) is 97.3 Å². The third-order valence-electron chi connectivity index (χ3n) is 6.04. The Morgan fingerprint density at radius 3 is 1.73 bits per heavy atom. The molecule has 0 aliphatic heterocycles.